The van der Waals surface area contributed by atoms with Crippen LogP contribution in [0.5, 0.6) is 0 Å². The number of carbonyl (C=O) groups is 2. The van der Waals surface area contributed by atoms with Crippen molar-refractivity contribution < 1.29 is 14.3 Å². The van der Waals surface area contributed by atoms with Crippen LogP contribution in [-0.4, -0.2) is 49.7 Å². The molecule has 132 valence electrons. The normalized spacial score (nSPS) is 19.4. The first-order chi connectivity index (χ1) is 11.5. The number of methoxy groups -OCH3 is 1. The molecule has 6 nitrogen and oxygen atoms in total. The van der Waals surface area contributed by atoms with Crippen LogP contribution < -0.4 is 10.6 Å². The number of urea groups is 1. The standard InChI is InChI=1S/C18H27N3O3/c1-13-6-5-9-21(12-13)14(2)11-19-18(23)20-16-8-4-7-15(10-16)17(22)24-3/h4,7-8,10,13-14H,5-6,9,11-12H2,1-3H3,(H2,19,20,23)/t13-,14-/m1/s1. The van der Waals surface area contributed by atoms with Gasteiger partial charge in [0.05, 0.1) is 12.7 Å². The van der Waals surface area contributed by atoms with Gasteiger partial charge in [0.15, 0.2) is 0 Å². The first-order valence-corrected chi connectivity index (χ1v) is 8.47. The number of ether oxygens (including phenoxy) is 1. The van der Waals surface area contributed by atoms with Crippen molar-refractivity contribution in [2.75, 3.05) is 32.1 Å². The van der Waals surface area contributed by atoms with Gasteiger partial charge < -0.3 is 15.4 Å². The fourth-order valence-corrected chi connectivity index (χ4v) is 3.01. The topological polar surface area (TPSA) is 70.7 Å². The molecule has 0 aliphatic carbocycles. The Morgan fingerprint density at radius 2 is 2.21 bits per heavy atom. The van der Waals surface area contributed by atoms with E-state index in [1.807, 2.05) is 0 Å². The molecule has 0 bridgehead atoms. The number of benzene rings is 1. The molecule has 2 amide bonds. The average Bonchev–Trinajstić information content (AvgIpc) is 2.59. The molecule has 0 aromatic heterocycles. The zero-order valence-corrected chi connectivity index (χ0v) is 14.7. The zero-order chi connectivity index (χ0) is 17.5. The lowest BCUT2D eigenvalue weighted by atomic mass is 9.99. The average molecular weight is 333 g/mol. The molecule has 0 saturated carbocycles. The van der Waals surface area contributed by atoms with Crippen molar-refractivity contribution in [2.24, 2.45) is 5.92 Å². The molecule has 1 saturated heterocycles. The van der Waals surface area contributed by atoms with E-state index in [2.05, 4.69) is 34.1 Å². The number of rotatable bonds is 5. The van der Waals surface area contributed by atoms with Gasteiger partial charge in [0.25, 0.3) is 0 Å². The van der Waals surface area contributed by atoms with Gasteiger partial charge in [0.1, 0.15) is 0 Å². The van der Waals surface area contributed by atoms with Crippen LogP contribution in [-0.2, 0) is 4.74 Å². The Kier molecular flexibility index (Phi) is 6.61. The molecule has 1 aliphatic heterocycles. The van der Waals surface area contributed by atoms with Gasteiger partial charge in [-0.15, -0.1) is 0 Å². The summed E-state index contributed by atoms with van der Waals surface area (Å²) in [6, 6.07) is 6.73. The molecule has 2 N–H and O–H groups in total. The van der Waals surface area contributed by atoms with E-state index >= 15 is 0 Å². The lowest BCUT2D eigenvalue weighted by Crippen LogP contribution is -2.47. The van der Waals surface area contributed by atoms with E-state index in [0.717, 1.165) is 19.0 Å². The molecule has 1 aromatic carbocycles. The molecule has 0 spiro atoms. The molecule has 2 atom stereocenters. The Hall–Kier alpha value is -2.08. The van der Waals surface area contributed by atoms with Crippen molar-refractivity contribution in [3.8, 4) is 0 Å². The Balaban J connectivity index is 1.81. The van der Waals surface area contributed by atoms with Crippen LogP contribution in [0.15, 0.2) is 24.3 Å². The maximum atomic E-state index is 12.1. The van der Waals surface area contributed by atoms with E-state index in [1.165, 1.54) is 20.0 Å². The number of nitrogens with one attached hydrogen (secondary N) is 2. The molecule has 24 heavy (non-hydrogen) atoms. The lowest BCUT2D eigenvalue weighted by Gasteiger charge is -2.35. The van der Waals surface area contributed by atoms with Gasteiger partial charge in [-0.25, -0.2) is 9.59 Å². The third-order valence-corrected chi connectivity index (χ3v) is 4.41. The van der Waals surface area contributed by atoms with E-state index < -0.39 is 5.97 Å². The molecule has 0 unspecified atom stereocenters. The SMILES string of the molecule is COC(=O)c1cccc(NC(=O)NC[C@@H](C)N2CCC[C@@H](C)C2)c1. The number of esters is 1. The van der Waals surface area contributed by atoms with Gasteiger partial charge in [-0.2, -0.15) is 0 Å². The largest absolute Gasteiger partial charge is 0.465 e. The molecule has 1 fully saturated rings. The second-order valence-corrected chi connectivity index (χ2v) is 6.50. The number of nitrogens with zero attached hydrogens (tertiary/aromatic N) is 1. The first kappa shape index (κ1) is 18.3. The highest BCUT2D eigenvalue weighted by Gasteiger charge is 2.21. The molecular formula is C18H27N3O3. The number of anilines is 1. The Bertz CT molecular complexity index is 576. The van der Waals surface area contributed by atoms with Crippen LogP contribution in [0.2, 0.25) is 0 Å². The van der Waals surface area contributed by atoms with Crippen molar-refractivity contribution in [2.45, 2.75) is 32.7 Å². The number of piperidine rings is 1. The summed E-state index contributed by atoms with van der Waals surface area (Å²) in [6.45, 7) is 7.18. The fraction of sp³-hybridized carbons (Fsp3) is 0.556. The van der Waals surface area contributed by atoms with Gasteiger partial charge in [0.2, 0.25) is 0 Å². The molecule has 1 aliphatic rings. The number of likely N-dealkylation sites (tertiary alicyclic amines) is 1. The predicted octanol–water partition coefficient (Wildman–Crippen LogP) is 2.72. The summed E-state index contributed by atoms with van der Waals surface area (Å²) in [5.74, 6) is 0.294. The van der Waals surface area contributed by atoms with E-state index in [9.17, 15) is 9.59 Å². The molecule has 1 heterocycles. The second kappa shape index (κ2) is 8.68. The number of amides is 2. The van der Waals surface area contributed by atoms with Gasteiger partial charge in [-0.05, 0) is 50.4 Å². The molecule has 2 rings (SSSR count). The lowest BCUT2D eigenvalue weighted by molar-refractivity contribution is 0.0600. The minimum absolute atomic E-state index is 0.270. The second-order valence-electron chi connectivity index (χ2n) is 6.50. The van der Waals surface area contributed by atoms with Gasteiger partial charge in [-0.3, -0.25) is 4.90 Å². The zero-order valence-electron chi connectivity index (χ0n) is 14.7. The summed E-state index contributed by atoms with van der Waals surface area (Å²) < 4.78 is 4.68. The minimum atomic E-state index is -0.424. The maximum Gasteiger partial charge on any atom is 0.337 e. The van der Waals surface area contributed by atoms with Gasteiger partial charge in [0, 0.05) is 24.8 Å². The monoisotopic (exact) mass is 333 g/mol. The maximum absolute atomic E-state index is 12.1. The molecule has 6 heteroatoms. The number of hydrogen-bond acceptors (Lipinski definition) is 4. The van der Waals surface area contributed by atoms with Crippen molar-refractivity contribution in [1.82, 2.24) is 10.2 Å². The van der Waals surface area contributed by atoms with Crippen LogP contribution in [0.1, 0.15) is 37.0 Å². The highest BCUT2D eigenvalue weighted by atomic mass is 16.5. The predicted molar refractivity (Wildman–Crippen MR) is 94.2 cm³/mol. The number of carbonyl (C=O) groups excluding carboxylic acids is 2. The summed E-state index contributed by atoms with van der Waals surface area (Å²) in [5.41, 5.74) is 0.973. The molecule has 0 radical (unpaired) electrons. The van der Waals surface area contributed by atoms with Crippen LogP contribution in [0, 0.1) is 5.92 Å². The van der Waals surface area contributed by atoms with Crippen LogP contribution in [0.25, 0.3) is 0 Å². The Labute approximate surface area is 143 Å². The van der Waals surface area contributed by atoms with Gasteiger partial charge >= 0.3 is 12.0 Å². The van der Waals surface area contributed by atoms with Crippen LogP contribution >= 0.6 is 0 Å². The highest BCUT2D eigenvalue weighted by molar-refractivity contribution is 5.93. The van der Waals surface area contributed by atoms with Crippen LogP contribution in [0.3, 0.4) is 0 Å². The third kappa shape index (κ3) is 5.23. The van der Waals surface area contributed by atoms with Crippen LogP contribution in [0.4, 0.5) is 10.5 Å². The summed E-state index contributed by atoms with van der Waals surface area (Å²) in [6.07, 6.45) is 2.51. The Morgan fingerprint density at radius 3 is 2.92 bits per heavy atom. The van der Waals surface area contributed by atoms with E-state index in [1.54, 1.807) is 24.3 Å². The third-order valence-electron chi connectivity index (χ3n) is 4.41. The van der Waals surface area contributed by atoms with Crippen molar-refractivity contribution in [1.29, 1.82) is 0 Å². The number of hydrogen-bond donors (Lipinski definition) is 2. The fourth-order valence-electron chi connectivity index (χ4n) is 3.01. The quantitative estimate of drug-likeness (QED) is 0.813. The molecular weight excluding hydrogens is 306 g/mol. The van der Waals surface area contributed by atoms with Crippen molar-refractivity contribution in [3.63, 3.8) is 0 Å². The van der Waals surface area contributed by atoms with Crippen molar-refractivity contribution in [3.05, 3.63) is 29.8 Å². The molecule has 1 aromatic rings. The minimum Gasteiger partial charge on any atom is -0.465 e. The Morgan fingerprint density at radius 1 is 1.42 bits per heavy atom. The summed E-state index contributed by atoms with van der Waals surface area (Å²) in [4.78, 5) is 26.0. The van der Waals surface area contributed by atoms with E-state index in [0.29, 0.717) is 23.8 Å². The summed E-state index contributed by atoms with van der Waals surface area (Å²) in [5, 5.41) is 5.65. The summed E-state index contributed by atoms with van der Waals surface area (Å²) in [7, 11) is 1.33. The smallest absolute Gasteiger partial charge is 0.337 e. The van der Waals surface area contributed by atoms with Gasteiger partial charge in [-0.1, -0.05) is 13.0 Å². The summed E-state index contributed by atoms with van der Waals surface area (Å²) >= 11 is 0. The van der Waals surface area contributed by atoms with E-state index in [4.69, 9.17) is 0 Å². The van der Waals surface area contributed by atoms with E-state index in [-0.39, 0.29) is 6.03 Å². The highest BCUT2D eigenvalue weighted by Crippen LogP contribution is 2.17. The van der Waals surface area contributed by atoms with Crippen molar-refractivity contribution >= 4 is 17.7 Å². The first-order valence-electron chi connectivity index (χ1n) is 8.47.